The largest absolute Gasteiger partial charge is 0.507 e. The monoisotopic (exact) mass is 431 g/mol. The molecule has 10 nitrogen and oxygen atoms in total. The van der Waals surface area contributed by atoms with Crippen molar-refractivity contribution in [2.45, 2.75) is 46.1 Å². The standard InChI is InChI=1S/C21H30N6O4/c1-11-12(2)17-14(13(3)16(11)29)8-9-21(4,31-17)18(30)23-20-24-19(25-26-20)22-15(28)10-27(5,6)7/h8-10H2,1-7H3,(H3-,22,23,24,25,26,28,29,30)/p+1. The summed E-state index contributed by atoms with van der Waals surface area (Å²) in [5.74, 6) is 0.519. The molecule has 2 aromatic rings. The summed E-state index contributed by atoms with van der Waals surface area (Å²) in [5, 5.41) is 22.2. The second-order valence-electron chi connectivity index (χ2n) is 9.32. The number of hydrogen-bond donors (Lipinski definition) is 4. The van der Waals surface area contributed by atoms with Crippen LogP contribution in [0.2, 0.25) is 0 Å². The van der Waals surface area contributed by atoms with Gasteiger partial charge in [0, 0.05) is 12.0 Å². The molecule has 0 bridgehead atoms. The molecule has 0 fully saturated rings. The lowest BCUT2D eigenvalue weighted by Crippen LogP contribution is -2.48. The highest BCUT2D eigenvalue weighted by Gasteiger charge is 2.41. The van der Waals surface area contributed by atoms with Crippen molar-refractivity contribution in [1.82, 2.24) is 15.2 Å². The Hall–Kier alpha value is -3.14. The molecule has 0 saturated heterocycles. The molecule has 0 spiro atoms. The van der Waals surface area contributed by atoms with Crippen LogP contribution < -0.4 is 15.4 Å². The summed E-state index contributed by atoms with van der Waals surface area (Å²) >= 11 is 0. The molecule has 3 rings (SSSR count). The lowest BCUT2D eigenvalue weighted by Gasteiger charge is -2.36. The van der Waals surface area contributed by atoms with Gasteiger partial charge in [-0.3, -0.25) is 20.2 Å². The van der Waals surface area contributed by atoms with Gasteiger partial charge in [0.1, 0.15) is 11.5 Å². The van der Waals surface area contributed by atoms with Crippen LogP contribution in [-0.2, 0) is 16.0 Å². The van der Waals surface area contributed by atoms with Crippen LogP contribution in [0.15, 0.2) is 0 Å². The van der Waals surface area contributed by atoms with Gasteiger partial charge in [-0.05, 0) is 50.8 Å². The zero-order chi connectivity index (χ0) is 23.1. The van der Waals surface area contributed by atoms with E-state index in [1.807, 2.05) is 41.9 Å². The first-order valence-corrected chi connectivity index (χ1v) is 10.2. The zero-order valence-electron chi connectivity index (χ0n) is 19.1. The van der Waals surface area contributed by atoms with Gasteiger partial charge >= 0.3 is 0 Å². The van der Waals surface area contributed by atoms with E-state index in [0.29, 0.717) is 23.1 Å². The van der Waals surface area contributed by atoms with Crippen LogP contribution >= 0.6 is 0 Å². The molecule has 1 aromatic carbocycles. The number of aromatic amines is 1. The summed E-state index contributed by atoms with van der Waals surface area (Å²) < 4.78 is 6.64. The van der Waals surface area contributed by atoms with E-state index >= 15 is 0 Å². The molecule has 2 amide bonds. The van der Waals surface area contributed by atoms with Gasteiger partial charge in [-0.25, -0.2) is 5.10 Å². The Kier molecular flexibility index (Phi) is 5.70. The van der Waals surface area contributed by atoms with E-state index in [0.717, 1.165) is 22.3 Å². The number of aromatic hydroxyl groups is 1. The summed E-state index contributed by atoms with van der Waals surface area (Å²) in [6.07, 6.45) is 1.03. The average Bonchev–Trinajstić information content (AvgIpc) is 3.09. The van der Waals surface area contributed by atoms with E-state index in [1.54, 1.807) is 6.92 Å². The quantitative estimate of drug-likeness (QED) is 0.534. The fourth-order valence-electron chi connectivity index (χ4n) is 3.62. The molecular weight excluding hydrogens is 400 g/mol. The molecule has 0 aliphatic carbocycles. The summed E-state index contributed by atoms with van der Waals surface area (Å²) in [6.45, 7) is 7.54. The van der Waals surface area contributed by atoms with Crippen LogP contribution in [-0.4, -0.2) is 69.9 Å². The fourth-order valence-corrected chi connectivity index (χ4v) is 3.62. The molecule has 10 heteroatoms. The number of likely N-dealkylation sites (N-methyl/N-ethyl adjacent to an activating group) is 1. The molecule has 1 aliphatic heterocycles. The van der Waals surface area contributed by atoms with Gasteiger partial charge in [0.25, 0.3) is 11.8 Å². The first-order chi connectivity index (χ1) is 14.3. The maximum Gasteiger partial charge on any atom is 0.281 e. The topological polar surface area (TPSA) is 129 Å². The molecule has 1 atom stereocenters. The van der Waals surface area contributed by atoms with E-state index in [9.17, 15) is 14.7 Å². The Morgan fingerprint density at radius 2 is 1.84 bits per heavy atom. The number of anilines is 2. The lowest BCUT2D eigenvalue weighted by molar-refractivity contribution is -0.861. The van der Waals surface area contributed by atoms with Crippen molar-refractivity contribution in [3.63, 3.8) is 0 Å². The normalized spacial score (nSPS) is 18.2. The number of phenols is 1. The van der Waals surface area contributed by atoms with Crippen LogP contribution in [0, 0.1) is 20.8 Å². The molecule has 1 aromatic heterocycles. The first-order valence-electron chi connectivity index (χ1n) is 10.2. The third kappa shape index (κ3) is 4.63. The maximum absolute atomic E-state index is 13.0. The maximum atomic E-state index is 13.0. The summed E-state index contributed by atoms with van der Waals surface area (Å²) in [5.41, 5.74) is 2.14. The number of amides is 2. The Labute approximate surface area is 181 Å². The van der Waals surface area contributed by atoms with Crippen molar-refractivity contribution < 1.29 is 23.9 Å². The minimum absolute atomic E-state index is 0.0518. The van der Waals surface area contributed by atoms with Gasteiger partial charge in [-0.2, -0.15) is 4.98 Å². The molecule has 168 valence electrons. The van der Waals surface area contributed by atoms with Gasteiger partial charge in [0.2, 0.25) is 11.9 Å². The lowest BCUT2D eigenvalue weighted by atomic mass is 9.86. The van der Waals surface area contributed by atoms with E-state index in [4.69, 9.17) is 4.74 Å². The number of benzene rings is 1. The minimum atomic E-state index is -1.12. The second kappa shape index (κ2) is 7.84. The predicted molar refractivity (Wildman–Crippen MR) is 116 cm³/mol. The number of ether oxygens (including phenoxy) is 1. The number of fused-ring (bicyclic) bond motifs is 1. The Bertz CT molecular complexity index is 1040. The Balaban J connectivity index is 1.72. The first kappa shape index (κ1) is 22.5. The van der Waals surface area contributed by atoms with Gasteiger partial charge < -0.3 is 14.3 Å². The van der Waals surface area contributed by atoms with Crippen LogP contribution in [0.5, 0.6) is 11.5 Å². The number of phenolic OH excluding ortho intramolecular Hbond substituents is 1. The van der Waals surface area contributed by atoms with Crippen molar-refractivity contribution in [3.8, 4) is 11.5 Å². The SMILES string of the molecule is Cc1c(C)c2c(c(C)c1O)CCC(C)(C(=O)Nc1n[nH]c(NC(=O)C[N+](C)(C)C)n1)O2. The van der Waals surface area contributed by atoms with Gasteiger partial charge in [-0.15, -0.1) is 5.10 Å². The van der Waals surface area contributed by atoms with E-state index in [-0.39, 0.29) is 36.0 Å². The van der Waals surface area contributed by atoms with E-state index < -0.39 is 5.60 Å². The molecule has 2 heterocycles. The number of nitrogens with zero attached hydrogens (tertiary/aromatic N) is 3. The summed E-state index contributed by atoms with van der Waals surface area (Å²) in [6, 6.07) is 0. The Morgan fingerprint density at radius 3 is 2.48 bits per heavy atom. The highest BCUT2D eigenvalue weighted by atomic mass is 16.5. The third-order valence-corrected chi connectivity index (χ3v) is 5.59. The van der Waals surface area contributed by atoms with E-state index in [2.05, 4.69) is 25.8 Å². The van der Waals surface area contributed by atoms with Crippen molar-refractivity contribution >= 4 is 23.7 Å². The number of aromatic nitrogens is 3. The molecule has 1 unspecified atom stereocenters. The van der Waals surface area contributed by atoms with Crippen molar-refractivity contribution in [2.24, 2.45) is 0 Å². The number of hydrogen-bond acceptors (Lipinski definition) is 6. The van der Waals surface area contributed by atoms with Gasteiger partial charge in [0.15, 0.2) is 12.1 Å². The van der Waals surface area contributed by atoms with Crippen molar-refractivity contribution in [1.29, 1.82) is 0 Å². The third-order valence-electron chi connectivity index (χ3n) is 5.59. The van der Waals surface area contributed by atoms with Crippen molar-refractivity contribution in [3.05, 3.63) is 22.3 Å². The van der Waals surface area contributed by atoms with Crippen LogP contribution in [0.4, 0.5) is 11.9 Å². The molecule has 4 N–H and O–H groups in total. The molecule has 1 aliphatic rings. The Morgan fingerprint density at radius 1 is 1.16 bits per heavy atom. The highest BCUT2D eigenvalue weighted by molar-refractivity contribution is 5.96. The number of rotatable bonds is 5. The predicted octanol–water partition coefficient (Wildman–Crippen LogP) is 1.80. The highest BCUT2D eigenvalue weighted by Crippen LogP contribution is 2.43. The number of carbonyl (C=O) groups is 2. The molecule has 0 radical (unpaired) electrons. The van der Waals surface area contributed by atoms with E-state index in [1.165, 1.54) is 0 Å². The second-order valence-corrected chi connectivity index (χ2v) is 9.32. The van der Waals surface area contributed by atoms with Gasteiger partial charge in [0.05, 0.1) is 21.1 Å². The fraction of sp³-hybridized carbons (Fsp3) is 0.524. The molecule has 0 saturated carbocycles. The molecular formula is C21H31N6O4+. The molecule has 31 heavy (non-hydrogen) atoms. The number of quaternary nitrogens is 1. The van der Waals surface area contributed by atoms with Crippen LogP contribution in [0.3, 0.4) is 0 Å². The summed E-state index contributed by atoms with van der Waals surface area (Å²) in [4.78, 5) is 29.2. The van der Waals surface area contributed by atoms with Crippen LogP contribution in [0.1, 0.15) is 35.6 Å². The smallest absolute Gasteiger partial charge is 0.281 e. The van der Waals surface area contributed by atoms with Gasteiger partial charge in [-0.1, -0.05) is 0 Å². The van der Waals surface area contributed by atoms with Crippen LogP contribution in [0.25, 0.3) is 0 Å². The number of H-pyrrole nitrogens is 1. The average molecular weight is 432 g/mol. The van der Waals surface area contributed by atoms with Crippen molar-refractivity contribution in [2.75, 3.05) is 38.3 Å². The number of carbonyl (C=O) groups excluding carboxylic acids is 2. The summed E-state index contributed by atoms with van der Waals surface area (Å²) in [7, 11) is 5.71. The minimum Gasteiger partial charge on any atom is -0.507 e. The zero-order valence-corrected chi connectivity index (χ0v) is 19.1. The number of nitrogens with one attached hydrogen (secondary N) is 3.